The third-order valence-electron chi connectivity index (χ3n) is 2.72. The fourth-order valence-electron chi connectivity index (χ4n) is 1.74. The zero-order valence-electron chi connectivity index (χ0n) is 10.7. The van der Waals surface area contributed by atoms with Crippen molar-refractivity contribution in [1.29, 1.82) is 0 Å². The fraction of sp³-hybridized carbons (Fsp3) is 0.0625. The third kappa shape index (κ3) is 3.30. The van der Waals surface area contributed by atoms with Crippen LogP contribution >= 0.6 is 0 Å². The highest BCUT2D eigenvalue weighted by Gasteiger charge is 2.10. The topological polar surface area (TPSA) is 40.5 Å². The summed E-state index contributed by atoms with van der Waals surface area (Å²) in [6.45, 7) is 1.32. The van der Waals surface area contributed by atoms with Crippen LogP contribution in [0.1, 0.15) is 18.1 Å². The Morgan fingerprint density at radius 2 is 1.63 bits per heavy atom. The maximum atomic E-state index is 11.2. The smallest absolute Gasteiger partial charge is 0.247 e. The van der Waals surface area contributed by atoms with Gasteiger partial charge in [-0.25, -0.2) is 0 Å². The Morgan fingerprint density at radius 3 is 2.32 bits per heavy atom. The van der Waals surface area contributed by atoms with Gasteiger partial charge in [0, 0.05) is 12.5 Å². The van der Waals surface area contributed by atoms with Crippen molar-refractivity contribution in [1.82, 2.24) is 0 Å². The number of benzene rings is 2. The molecule has 2 aromatic carbocycles. The van der Waals surface area contributed by atoms with Gasteiger partial charge in [-0.15, -0.1) is 0 Å². The Hall–Kier alpha value is -2.39. The first kappa shape index (κ1) is 13.1. The van der Waals surface area contributed by atoms with Gasteiger partial charge in [-0.3, -0.25) is 10.0 Å². The van der Waals surface area contributed by atoms with Gasteiger partial charge < -0.3 is 0 Å². The molecule has 1 N–H and O–H groups in total. The van der Waals surface area contributed by atoms with Crippen molar-refractivity contribution < 1.29 is 10.0 Å². The maximum absolute atomic E-state index is 11.2. The van der Waals surface area contributed by atoms with Gasteiger partial charge in [-0.05, 0) is 11.6 Å². The van der Waals surface area contributed by atoms with Gasteiger partial charge in [0.05, 0.1) is 5.69 Å². The second-order valence-corrected chi connectivity index (χ2v) is 4.13. The van der Waals surface area contributed by atoms with Crippen LogP contribution in [0.15, 0.2) is 54.6 Å². The van der Waals surface area contributed by atoms with Crippen molar-refractivity contribution in [2.75, 3.05) is 5.06 Å². The predicted molar refractivity (Wildman–Crippen MR) is 76.8 cm³/mol. The minimum atomic E-state index is -0.416. The number of amides is 1. The Kier molecular flexibility index (Phi) is 4.11. The molecule has 1 amide bonds. The van der Waals surface area contributed by atoms with Crippen LogP contribution in [0.4, 0.5) is 5.69 Å². The molecule has 0 aliphatic carbocycles. The summed E-state index contributed by atoms with van der Waals surface area (Å²) in [5.41, 5.74) is 2.32. The Morgan fingerprint density at radius 1 is 1.00 bits per heavy atom. The molecule has 0 aliphatic rings. The van der Waals surface area contributed by atoms with Crippen LogP contribution in [-0.4, -0.2) is 11.1 Å². The van der Waals surface area contributed by atoms with E-state index >= 15 is 0 Å². The van der Waals surface area contributed by atoms with E-state index in [1.807, 2.05) is 54.6 Å². The number of anilines is 1. The number of nitrogens with zero attached hydrogens (tertiary/aromatic N) is 1. The van der Waals surface area contributed by atoms with Crippen molar-refractivity contribution >= 4 is 23.7 Å². The largest absolute Gasteiger partial charge is 0.281 e. The highest BCUT2D eigenvalue weighted by Crippen LogP contribution is 2.21. The van der Waals surface area contributed by atoms with E-state index in [1.165, 1.54) is 6.92 Å². The summed E-state index contributed by atoms with van der Waals surface area (Å²) in [7, 11) is 0. The van der Waals surface area contributed by atoms with E-state index in [9.17, 15) is 10.0 Å². The quantitative estimate of drug-likeness (QED) is 0.516. The molecule has 2 rings (SSSR count). The monoisotopic (exact) mass is 253 g/mol. The van der Waals surface area contributed by atoms with Crippen LogP contribution in [0.5, 0.6) is 0 Å². The Bertz CT molecular complexity index is 591. The van der Waals surface area contributed by atoms with Gasteiger partial charge in [0.25, 0.3) is 0 Å². The van der Waals surface area contributed by atoms with Gasteiger partial charge >= 0.3 is 0 Å². The van der Waals surface area contributed by atoms with Crippen LogP contribution in [-0.2, 0) is 4.79 Å². The van der Waals surface area contributed by atoms with Crippen LogP contribution < -0.4 is 5.06 Å². The number of hydrogen-bond acceptors (Lipinski definition) is 2. The fourth-order valence-corrected chi connectivity index (χ4v) is 1.74. The van der Waals surface area contributed by atoms with Gasteiger partial charge in [-0.2, -0.15) is 5.06 Å². The van der Waals surface area contributed by atoms with E-state index in [1.54, 1.807) is 12.1 Å². The molecule has 0 bridgehead atoms. The van der Waals surface area contributed by atoms with Gasteiger partial charge in [0.2, 0.25) is 5.91 Å². The first-order valence-corrected chi connectivity index (χ1v) is 6.00. The van der Waals surface area contributed by atoms with E-state index < -0.39 is 5.91 Å². The average Bonchev–Trinajstić information content (AvgIpc) is 2.45. The van der Waals surface area contributed by atoms with Gasteiger partial charge in [0.15, 0.2) is 0 Å². The lowest BCUT2D eigenvalue weighted by Gasteiger charge is -2.14. The van der Waals surface area contributed by atoms with E-state index in [-0.39, 0.29) is 0 Å². The molecule has 0 aromatic heterocycles. The molecule has 2 aromatic rings. The lowest BCUT2D eigenvalue weighted by atomic mass is 10.1. The predicted octanol–water partition coefficient (Wildman–Crippen LogP) is 3.60. The summed E-state index contributed by atoms with van der Waals surface area (Å²) in [5, 5.41) is 10.4. The summed E-state index contributed by atoms with van der Waals surface area (Å²) < 4.78 is 0. The van der Waals surface area contributed by atoms with Gasteiger partial charge in [-0.1, -0.05) is 60.7 Å². The number of para-hydroxylation sites is 1. The normalized spacial score (nSPS) is 10.6. The molecular weight excluding hydrogens is 238 g/mol. The molecular formula is C16H15NO2. The maximum Gasteiger partial charge on any atom is 0.247 e. The molecule has 0 spiro atoms. The van der Waals surface area contributed by atoms with Crippen LogP contribution in [0.2, 0.25) is 0 Å². The number of carbonyl (C=O) groups excluding carboxylic acids is 1. The van der Waals surface area contributed by atoms with E-state index in [2.05, 4.69) is 0 Å². The summed E-state index contributed by atoms with van der Waals surface area (Å²) in [4.78, 5) is 11.2. The Balaban J connectivity index is 2.31. The first-order chi connectivity index (χ1) is 9.18. The van der Waals surface area contributed by atoms with E-state index in [0.29, 0.717) is 10.8 Å². The summed E-state index contributed by atoms with van der Waals surface area (Å²) in [6.07, 6.45) is 3.81. The molecule has 3 nitrogen and oxygen atoms in total. The summed E-state index contributed by atoms with van der Waals surface area (Å²) in [5.74, 6) is -0.416. The molecule has 96 valence electrons. The number of carbonyl (C=O) groups is 1. The third-order valence-corrected chi connectivity index (χ3v) is 2.72. The second kappa shape index (κ2) is 5.98. The van der Waals surface area contributed by atoms with E-state index in [4.69, 9.17) is 0 Å². The minimum Gasteiger partial charge on any atom is -0.281 e. The van der Waals surface area contributed by atoms with Crippen molar-refractivity contribution in [2.45, 2.75) is 6.92 Å². The average molecular weight is 253 g/mol. The molecule has 0 saturated carbocycles. The van der Waals surface area contributed by atoms with Crippen LogP contribution in [0.25, 0.3) is 12.2 Å². The van der Waals surface area contributed by atoms with Crippen molar-refractivity contribution in [3.05, 3.63) is 65.7 Å². The van der Waals surface area contributed by atoms with Crippen LogP contribution in [0, 0.1) is 0 Å². The van der Waals surface area contributed by atoms with Crippen molar-refractivity contribution in [3.63, 3.8) is 0 Å². The highest BCUT2D eigenvalue weighted by atomic mass is 16.5. The minimum absolute atomic E-state index is 0.416. The van der Waals surface area contributed by atoms with Crippen molar-refractivity contribution in [3.8, 4) is 0 Å². The van der Waals surface area contributed by atoms with Crippen molar-refractivity contribution in [2.24, 2.45) is 0 Å². The summed E-state index contributed by atoms with van der Waals surface area (Å²) in [6, 6.07) is 17.0. The second-order valence-electron chi connectivity index (χ2n) is 4.13. The van der Waals surface area contributed by atoms with Crippen LogP contribution in [0.3, 0.4) is 0 Å². The standard InChI is InChI=1S/C16H15NO2/c1-13(18)17(19)16-10-6-5-9-15(16)12-11-14-7-3-2-4-8-14/h2-12,19H,1H3. The number of hydrogen-bond donors (Lipinski definition) is 1. The summed E-state index contributed by atoms with van der Waals surface area (Å²) >= 11 is 0. The van der Waals surface area contributed by atoms with Gasteiger partial charge in [0.1, 0.15) is 0 Å². The zero-order valence-corrected chi connectivity index (χ0v) is 10.7. The number of rotatable bonds is 3. The molecule has 0 radical (unpaired) electrons. The Labute approximate surface area is 112 Å². The molecule has 3 heteroatoms. The molecule has 0 aliphatic heterocycles. The first-order valence-electron chi connectivity index (χ1n) is 6.00. The van der Waals surface area contributed by atoms with E-state index in [0.717, 1.165) is 11.1 Å². The molecule has 0 fully saturated rings. The molecule has 0 atom stereocenters. The zero-order chi connectivity index (χ0) is 13.7. The number of hydroxylamine groups is 1. The molecule has 0 unspecified atom stereocenters. The molecule has 0 heterocycles. The lowest BCUT2D eigenvalue weighted by Crippen LogP contribution is -2.24. The molecule has 0 saturated heterocycles. The highest BCUT2D eigenvalue weighted by molar-refractivity contribution is 5.92. The lowest BCUT2D eigenvalue weighted by molar-refractivity contribution is -0.121. The SMILES string of the molecule is CC(=O)N(O)c1ccccc1C=Cc1ccccc1. The molecule has 19 heavy (non-hydrogen) atoms.